The molecule has 3 rings (SSSR count). The summed E-state index contributed by atoms with van der Waals surface area (Å²) < 4.78 is 40.5. The van der Waals surface area contributed by atoms with Gasteiger partial charge in [0.05, 0.1) is 6.54 Å². The van der Waals surface area contributed by atoms with E-state index in [2.05, 4.69) is 15.0 Å². The van der Waals surface area contributed by atoms with Crippen molar-refractivity contribution in [2.24, 2.45) is 0 Å². The second kappa shape index (κ2) is 10.0. The summed E-state index contributed by atoms with van der Waals surface area (Å²) in [6, 6.07) is 12.2. The van der Waals surface area contributed by atoms with Crippen LogP contribution in [0.3, 0.4) is 0 Å². The van der Waals surface area contributed by atoms with Crippen LogP contribution < -0.4 is 10.1 Å². The number of rotatable bonds is 6. The second-order valence-electron chi connectivity index (χ2n) is 7.04. The van der Waals surface area contributed by atoms with E-state index < -0.39 is 6.36 Å². The van der Waals surface area contributed by atoms with Crippen LogP contribution in [0.25, 0.3) is 0 Å². The Kier molecular flexibility index (Phi) is 7.40. The number of nitrogens with one attached hydrogen (secondary N) is 1. The number of benzene rings is 2. The lowest BCUT2D eigenvalue weighted by atomic mass is 10.2. The number of nitrogens with zero attached hydrogens (tertiary/aromatic N) is 2. The molecule has 0 spiro atoms. The summed E-state index contributed by atoms with van der Waals surface area (Å²) in [5.74, 6) is -0.803. The Hall–Kier alpha value is -2.78. The molecule has 1 N–H and O–H groups in total. The first-order valence-corrected chi connectivity index (χ1v) is 9.96. The fourth-order valence-electron chi connectivity index (χ4n) is 3.21. The fraction of sp³-hybridized carbons (Fsp3) is 0.333. The van der Waals surface area contributed by atoms with Crippen LogP contribution >= 0.6 is 11.6 Å². The molecule has 1 heterocycles. The number of hydrogen-bond donors (Lipinski definition) is 1. The quantitative estimate of drug-likeness (QED) is 0.726. The van der Waals surface area contributed by atoms with Crippen LogP contribution in [0.4, 0.5) is 13.2 Å². The molecule has 0 aliphatic carbocycles. The van der Waals surface area contributed by atoms with Crippen LogP contribution in [0.5, 0.6) is 5.75 Å². The molecule has 6 nitrogen and oxygen atoms in total. The summed E-state index contributed by atoms with van der Waals surface area (Å²) in [5, 5.41) is 3.04. The van der Waals surface area contributed by atoms with Crippen molar-refractivity contribution in [2.45, 2.75) is 12.9 Å². The zero-order valence-corrected chi connectivity index (χ0v) is 17.2. The Morgan fingerprint density at radius 2 is 1.71 bits per heavy atom. The summed E-state index contributed by atoms with van der Waals surface area (Å²) in [6.45, 7) is 2.69. The van der Waals surface area contributed by atoms with Crippen LogP contribution in [0.15, 0.2) is 48.5 Å². The van der Waals surface area contributed by atoms with E-state index in [9.17, 15) is 22.8 Å². The van der Waals surface area contributed by atoms with Gasteiger partial charge in [0.25, 0.3) is 5.91 Å². The predicted octanol–water partition coefficient (Wildman–Crippen LogP) is 3.31. The topological polar surface area (TPSA) is 61.9 Å². The van der Waals surface area contributed by atoms with E-state index in [4.69, 9.17) is 11.6 Å². The van der Waals surface area contributed by atoms with Gasteiger partial charge in [-0.05, 0) is 35.9 Å². The average molecular weight is 456 g/mol. The number of hydrogen-bond acceptors (Lipinski definition) is 4. The van der Waals surface area contributed by atoms with Crippen molar-refractivity contribution < 1.29 is 27.5 Å². The molecule has 10 heteroatoms. The highest BCUT2D eigenvalue weighted by molar-refractivity contribution is 6.30. The summed E-state index contributed by atoms with van der Waals surface area (Å²) in [4.78, 5) is 28.3. The molecule has 1 fully saturated rings. The van der Waals surface area contributed by atoms with Crippen molar-refractivity contribution >= 4 is 23.4 Å². The number of ether oxygens (including phenoxy) is 1. The Bertz CT molecular complexity index is 914. The normalized spacial score (nSPS) is 14.9. The van der Waals surface area contributed by atoms with Gasteiger partial charge in [0.15, 0.2) is 0 Å². The highest BCUT2D eigenvalue weighted by atomic mass is 35.5. The van der Waals surface area contributed by atoms with Crippen molar-refractivity contribution in [3.05, 3.63) is 64.7 Å². The molecule has 0 radical (unpaired) electrons. The van der Waals surface area contributed by atoms with E-state index in [1.165, 1.54) is 18.2 Å². The smallest absolute Gasteiger partial charge is 0.406 e. The van der Waals surface area contributed by atoms with Gasteiger partial charge in [0.2, 0.25) is 5.91 Å². The summed E-state index contributed by atoms with van der Waals surface area (Å²) in [7, 11) is 0. The number of piperazine rings is 1. The molecular formula is C21H21ClF3N3O3. The second-order valence-corrected chi connectivity index (χ2v) is 7.48. The van der Waals surface area contributed by atoms with Gasteiger partial charge in [-0.3, -0.25) is 14.5 Å². The lowest BCUT2D eigenvalue weighted by Gasteiger charge is -2.34. The van der Waals surface area contributed by atoms with Crippen LogP contribution in [-0.4, -0.2) is 60.7 Å². The number of carbonyl (C=O) groups excluding carboxylic acids is 2. The predicted molar refractivity (Wildman–Crippen MR) is 109 cm³/mol. The van der Waals surface area contributed by atoms with Crippen LogP contribution in [0, 0.1) is 0 Å². The largest absolute Gasteiger partial charge is 0.573 e. The summed E-state index contributed by atoms with van der Waals surface area (Å²) in [5.41, 5.74) is 1.24. The third kappa shape index (κ3) is 7.15. The van der Waals surface area contributed by atoms with E-state index in [1.807, 2.05) is 0 Å². The fourth-order valence-corrected chi connectivity index (χ4v) is 3.40. The van der Waals surface area contributed by atoms with Crippen molar-refractivity contribution in [3.8, 4) is 5.75 Å². The number of amides is 2. The van der Waals surface area contributed by atoms with Gasteiger partial charge in [0, 0.05) is 43.3 Å². The maximum Gasteiger partial charge on any atom is 0.573 e. The summed E-state index contributed by atoms with van der Waals surface area (Å²) in [6.07, 6.45) is -4.71. The van der Waals surface area contributed by atoms with Crippen molar-refractivity contribution in [1.29, 1.82) is 0 Å². The van der Waals surface area contributed by atoms with Crippen LogP contribution in [0.2, 0.25) is 5.02 Å². The van der Waals surface area contributed by atoms with E-state index >= 15 is 0 Å². The van der Waals surface area contributed by atoms with E-state index in [-0.39, 0.29) is 24.1 Å². The van der Waals surface area contributed by atoms with Crippen LogP contribution in [-0.2, 0) is 11.3 Å². The van der Waals surface area contributed by atoms with E-state index in [0.717, 1.165) is 5.56 Å². The molecule has 0 atom stereocenters. The minimum absolute atomic E-state index is 0.105. The van der Waals surface area contributed by atoms with Gasteiger partial charge in [-0.1, -0.05) is 29.8 Å². The van der Waals surface area contributed by atoms with Crippen molar-refractivity contribution in [2.75, 3.05) is 32.7 Å². The van der Waals surface area contributed by atoms with Crippen LogP contribution in [0.1, 0.15) is 15.9 Å². The highest BCUT2D eigenvalue weighted by Gasteiger charge is 2.31. The molecule has 2 aromatic carbocycles. The Labute approximate surface area is 182 Å². The third-order valence-corrected chi connectivity index (χ3v) is 5.01. The number of alkyl halides is 3. The molecule has 0 bridgehead atoms. The molecule has 31 heavy (non-hydrogen) atoms. The highest BCUT2D eigenvalue weighted by Crippen LogP contribution is 2.23. The minimum atomic E-state index is -4.71. The Morgan fingerprint density at radius 1 is 1.03 bits per heavy atom. The number of carbonyl (C=O) groups is 2. The molecular weight excluding hydrogens is 435 g/mol. The van der Waals surface area contributed by atoms with E-state index in [0.29, 0.717) is 43.3 Å². The monoisotopic (exact) mass is 455 g/mol. The van der Waals surface area contributed by atoms with Gasteiger partial charge in [-0.25, -0.2) is 0 Å². The molecule has 0 unspecified atom stereocenters. The first kappa shape index (κ1) is 22.9. The maximum absolute atomic E-state index is 12.4. The molecule has 2 amide bonds. The SMILES string of the molecule is O=C(NCC(=O)N1CCN(Cc2ccc(OC(F)(F)F)cc2)CC1)c1cccc(Cl)c1. The third-order valence-electron chi connectivity index (χ3n) is 4.78. The zero-order valence-electron chi connectivity index (χ0n) is 16.5. The molecule has 2 aromatic rings. The lowest BCUT2D eigenvalue weighted by molar-refractivity contribution is -0.274. The molecule has 0 aromatic heterocycles. The minimum Gasteiger partial charge on any atom is -0.406 e. The lowest BCUT2D eigenvalue weighted by Crippen LogP contribution is -2.50. The first-order valence-electron chi connectivity index (χ1n) is 9.58. The molecule has 166 valence electrons. The molecule has 0 saturated carbocycles. The zero-order chi connectivity index (χ0) is 22.4. The van der Waals surface area contributed by atoms with Gasteiger partial charge >= 0.3 is 6.36 Å². The summed E-state index contributed by atoms with van der Waals surface area (Å²) >= 11 is 5.87. The maximum atomic E-state index is 12.4. The molecule has 1 saturated heterocycles. The average Bonchev–Trinajstić information content (AvgIpc) is 2.72. The first-order chi connectivity index (χ1) is 14.7. The molecule has 1 aliphatic rings. The van der Waals surface area contributed by atoms with Crippen molar-refractivity contribution in [1.82, 2.24) is 15.1 Å². The van der Waals surface area contributed by atoms with Crippen molar-refractivity contribution in [3.63, 3.8) is 0 Å². The van der Waals surface area contributed by atoms with Gasteiger partial charge in [-0.15, -0.1) is 13.2 Å². The molecule has 1 aliphatic heterocycles. The van der Waals surface area contributed by atoms with E-state index in [1.54, 1.807) is 35.2 Å². The van der Waals surface area contributed by atoms with Gasteiger partial charge in [0.1, 0.15) is 5.75 Å². The Balaban J connectivity index is 1.41. The number of halogens is 4. The van der Waals surface area contributed by atoms with Gasteiger partial charge < -0.3 is 15.0 Å². The standard InChI is InChI=1S/C21H21ClF3N3O3/c22-17-3-1-2-16(12-17)20(30)26-13-19(29)28-10-8-27(9-11-28)14-15-4-6-18(7-5-15)31-21(23,24)25/h1-7,12H,8-11,13-14H2,(H,26,30). The Morgan fingerprint density at radius 3 is 2.32 bits per heavy atom. The van der Waals surface area contributed by atoms with Gasteiger partial charge in [-0.2, -0.15) is 0 Å².